The first-order chi connectivity index (χ1) is 13.8. The van der Waals surface area contributed by atoms with Crippen molar-refractivity contribution in [2.45, 2.75) is 34.1 Å². The highest BCUT2D eigenvalue weighted by molar-refractivity contribution is 5.97. The number of carbonyl (C=O) groups excluding carboxylic acids is 2. The minimum atomic E-state index is -0.106. The van der Waals surface area contributed by atoms with E-state index in [2.05, 4.69) is 44.4 Å². The van der Waals surface area contributed by atoms with Gasteiger partial charge in [-0.2, -0.15) is 0 Å². The van der Waals surface area contributed by atoms with E-state index in [-0.39, 0.29) is 29.1 Å². The minimum Gasteiger partial charge on any atom is -0.352 e. The smallest absolute Gasteiger partial charge is 0.251 e. The van der Waals surface area contributed by atoms with Crippen molar-refractivity contribution in [1.82, 2.24) is 5.32 Å². The number of benzene rings is 2. The molecule has 2 N–H and O–H groups in total. The van der Waals surface area contributed by atoms with Gasteiger partial charge in [-0.15, -0.1) is 0 Å². The largest absolute Gasteiger partial charge is 0.352 e. The van der Waals surface area contributed by atoms with Crippen LogP contribution in [0, 0.1) is 17.3 Å². The summed E-state index contributed by atoms with van der Waals surface area (Å²) < 4.78 is 0. The zero-order chi connectivity index (χ0) is 21.0. The number of anilines is 1. The fourth-order valence-electron chi connectivity index (χ4n) is 3.84. The molecule has 2 aromatic carbocycles. The monoisotopic (exact) mass is 390 g/mol. The van der Waals surface area contributed by atoms with Crippen molar-refractivity contribution in [3.05, 3.63) is 77.4 Å². The highest BCUT2D eigenvalue weighted by Crippen LogP contribution is 2.59. The predicted molar refractivity (Wildman–Crippen MR) is 118 cm³/mol. The maximum Gasteiger partial charge on any atom is 0.251 e. The quantitative estimate of drug-likeness (QED) is 0.665. The van der Waals surface area contributed by atoms with Gasteiger partial charge in [-0.05, 0) is 61.4 Å². The Morgan fingerprint density at radius 1 is 1.00 bits per heavy atom. The van der Waals surface area contributed by atoms with E-state index in [1.807, 2.05) is 30.3 Å². The number of rotatable bonds is 7. The Kier molecular flexibility index (Phi) is 6.21. The zero-order valence-corrected chi connectivity index (χ0v) is 17.7. The molecule has 0 spiro atoms. The molecule has 1 aliphatic carbocycles. The molecule has 4 heteroatoms. The van der Waals surface area contributed by atoms with Crippen LogP contribution in [0.25, 0.3) is 0 Å². The van der Waals surface area contributed by atoms with Gasteiger partial charge < -0.3 is 10.6 Å². The molecule has 152 valence electrons. The van der Waals surface area contributed by atoms with E-state index in [9.17, 15) is 9.59 Å². The summed E-state index contributed by atoms with van der Waals surface area (Å²) in [5.74, 6) is 0.198. The molecular formula is C25H30N2O2. The van der Waals surface area contributed by atoms with Crippen LogP contribution in [0.5, 0.6) is 0 Å². The fraction of sp³-hybridized carbons (Fsp3) is 0.360. The highest BCUT2D eigenvalue weighted by atomic mass is 16.2. The molecule has 1 aliphatic rings. The van der Waals surface area contributed by atoms with Crippen LogP contribution >= 0.6 is 0 Å². The van der Waals surface area contributed by atoms with Crippen LogP contribution in [-0.2, 0) is 11.2 Å². The SMILES string of the molecule is CC(C)=C[C@@H]1[C@@H](C(=O)Nc2ccc(C(=O)NCCc3ccccc3)cc2)C1(C)C. The van der Waals surface area contributed by atoms with Gasteiger partial charge in [0.25, 0.3) is 5.91 Å². The van der Waals surface area contributed by atoms with Gasteiger partial charge in [-0.1, -0.05) is 55.8 Å². The van der Waals surface area contributed by atoms with Crippen LogP contribution < -0.4 is 10.6 Å². The molecule has 0 aliphatic heterocycles. The van der Waals surface area contributed by atoms with E-state index in [1.54, 1.807) is 24.3 Å². The van der Waals surface area contributed by atoms with Crippen LogP contribution in [0.2, 0.25) is 0 Å². The molecule has 2 amide bonds. The summed E-state index contributed by atoms with van der Waals surface area (Å²) >= 11 is 0. The number of nitrogens with one attached hydrogen (secondary N) is 2. The third-order valence-electron chi connectivity index (χ3n) is 5.66. The first-order valence-electron chi connectivity index (χ1n) is 10.2. The highest BCUT2D eigenvalue weighted by Gasteiger charge is 2.60. The molecule has 2 atom stereocenters. The molecular weight excluding hydrogens is 360 g/mol. The summed E-state index contributed by atoms with van der Waals surface area (Å²) in [6, 6.07) is 17.1. The van der Waals surface area contributed by atoms with Crippen LogP contribution in [0.1, 0.15) is 43.6 Å². The minimum absolute atomic E-state index is 0.0140. The first-order valence-corrected chi connectivity index (χ1v) is 10.2. The van der Waals surface area contributed by atoms with E-state index in [0.717, 1.165) is 12.1 Å². The standard InChI is InChI=1S/C25H30N2O2/c1-17(2)16-21-22(25(21,3)4)24(29)27-20-12-10-19(11-13-20)23(28)26-15-14-18-8-6-5-7-9-18/h5-13,16,21-22H,14-15H2,1-4H3,(H,26,28)(H,27,29)/t21-,22+/m1/s1. The summed E-state index contributed by atoms with van der Waals surface area (Å²) in [7, 11) is 0. The molecule has 2 aromatic rings. The second kappa shape index (κ2) is 8.64. The third-order valence-corrected chi connectivity index (χ3v) is 5.66. The van der Waals surface area contributed by atoms with Crippen molar-refractivity contribution in [3.8, 4) is 0 Å². The Balaban J connectivity index is 1.51. The topological polar surface area (TPSA) is 58.2 Å². The Bertz CT molecular complexity index is 894. The van der Waals surface area contributed by atoms with E-state index >= 15 is 0 Å². The average Bonchev–Trinajstić information content (AvgIpc) is 3.22. The maximum atomic E-state index is 12.7. The van der Waals surface area contributed by atoms with Crippen molar-refractivity contribution < 1.29 is 9.59 Å². The average molecular weight is 391 g/mol. The normalized spacial score (nSPS) is 19.2. The molecule has 0 aromatic heterocycles. The van der Waals surface area contributed by atoms with Crippen LogP contribution in [0.3, 0.4) is 0 Å². The van der Waals surface area contributed by atoms with Crippen molar-refractivity contribution in [1.29, 1.82) is 0 Å². The Hall–Kier alpha value is -2.88. The lowest BCUT2D eigenvalue weighted by molar-refractivity contribution is -0.118. The van der Waals surface area contributed by atoms with Gasteiger partial charge in [0.1, 0.15) is 0 Å². The molecule has 0 unspecified atom stereocenters. The summed E-state index contributed by atoms with van der Waals surface area (Å²) in [5, 5.41) is 5.93. The Morgan fingerprint density at radius 2 is 1.66 bits per heavy atom. The summed E-state index contributed by atoms with van der Waals surface area (Å²) in [4.78, 5) is 25.0. The second-order valence-corrected chi connectivity index (χ2v) is 8.63. The second-order valence-electron chi connectivity index (χ2n) is 8.63. The lowest BCUT2D eigenvalue weighted by Gasteiger charge is -2.08. The van der Waals surface area contributed by atoms with E-state index < -0.39 is 0 Å². The summed E-state index contributed by atoms with van der Waals surface area (Å²) in [6.07, 6.45) is 2.98. The van der Waals surface area contributed by atoms with Crippen LogP contribution in [-0.4, -0.2) is 18.4 Å². The molecule has 1 fully saturated rings. The number of amides is 2. The number of hydrogen-bond donors (Lipinski definition) is 2. The maximum absolute atomic E-state index is 12.7. The lowest BCUT2D eigenvalue weighted by atomic mass is 10.1. The first kappa shape index (κ1) is 20.8. The van der Waals surface area contributed by atoms with Gasteiger partial charge in [0.05, 0.1) is 5.92 Å². The van der Waals surface area contributed by atoms with E-state index in [1.165, 1.54) is 11.1 Å². The van der Waals surface area contributed by atoms with Crippen LogP contribution in [0.4, 0.5) is 5.69 Å². The van der Waals surface area contributed by atoms with Gasteiger partial charge in [0.15, 0.2) is 0 Å². The van der Waals surface area contributed by atoms with Gasteiger partial charge >= 0.3 is 0 Å². The number of carbonyl (C=O) groups is 2. The fourth-order valence-corrected chi connectivity index (χ4v) is 3.84. The lowest BCUT2D eigenvalue weighted by Crippen LogP contribution is -2.25. The van der Waals surface area contributed by atoms with E-state index in [0.29, 0.717) is 12.1 Å². The summed E-state index contributed by atoms with van der Waals surface area (Å²) in [6.45, 7) is 8.97. The Morgan fingerprint density at radius 3 is 2.28 bits per heavy atom. The predicted octanol–water partition coefficient (Wildman–Crippen LogP) is 4.84. The molecule has 1 saturated carbocycles. The van der Waals surface area contributed by atoms with Gasteiger partial charge in [-0.25, -0.2) is 0 Å². The van der Waals surface area contributed by atoms with Crippen molar-refractivity contribution in [2.75, 3.05) is 11.9 Å². The number of hydrogen-bond acceptors (Lipinski definition) is 2. The molecule has 0 heterocycles. The molecule has 29 heavy (non-hydrogen) atoms. The van der Waals surface area contributed by atoms with E-state index in [4.69, 9.17) is 0 Å². The molecule has 3 rings (SSSR count). The molecule has 4 nitrogen and oxygen atoms in total. The molecule has 0 radical (unpaired) electrons. The molecule has 0 saturated heterocycles. The van der Waals surface area contributed by atoms with Crippen LogP contribution in [0.15, 0.2) is 66.2 Å². The van der Waals surface area contributed by atoms with Gasteiger partial charge in [0.2, 0.25) is 5.91 Å². The Labute approximate surface area is 173 Å². The molecule has 0 bridgehead atoms. The van der Waals surface area contributed by atoms with Crippen molar-refractivity contribution >= 4 is 17.5 Å². The van der Waals surface area contributed by atoms with Crippen molar-refractivity contribution in [3.63, 3.8) is 0 Å². The number of allylic oxidation sites excluding steroid dienone is 2. The van der Waals surface area contributed by atoms with Crippen molar-refractivity contribution in [2.24, 2.45) is 17.3 Å². The third kappa shape index (κ3) is 5.14. The zero-order valence-electron chi connectivity index (χ0n) is 17.7. The summed E-state index contributed by atoms with van der Waals surface area (Å²) in [5.41, 5.74) is 3.72. The van der Waals surface area contributed by atoms with Gasteiger partial charge in [-0.3, -0.25) is 9.59 Å². The van der Waals surface area contributed by atoms with Gasteiger partial charge in [0, 0.05) is 17.8 Å².